The van der Waals surface area contributed by atoms with Gasteiger partial charge in [0.15, 0.2) is 11.5 Å². The highest BCUT2D eigenvalue weighted by atomic mass is 127. The summed E-state index contributed by atoms with van der Waals surface area (Å²) < 4.78 is 17.3. The summed E-state index contributed by atoms with van der Waals surface area (Å²) in [4.78, 5) is 12.1. The van der Waals surface area contributed by atoms with Crippen molar-refractivity contribution in [3.8, 4) is 17.2 Å². The summed E-state index contributed by atoms with van der Waals surface area (Å²) >= 11 is 2.16. The van der Waals surface area contributed by atoms with Crippen molar-refractivity contribution < 1.29 is 19.0 Å². The second-order valence-corrected chi connectivity index (χ2v) is 6.13. The fraction of sp³-hybridized carbons (Fsp3) is 0.176. The van der Waals surface area contributed by atoms with E-state index in [0.29, 0.717) is 35.0 Å². The lowest BCUT2D eigenvalue weighted by Gasteiger charge is -2.08. The van der Waals surface area contributed by atoms with Gasteiger partial charge in [0.25, 0.3) is 5.91 Å². The molecule has 7 heteroatoms. The summed E-state index contributed by atoms with van der Waals surface area (Å²) in [5.74, 6) is 1.61. The lowest BCUT2D eigenvalue weighted by Crippen LogP contribution is -2.17. The van der Waals surface area contributed by atoms with Crippen molar-refractivity contribution in [3.63, 3.8) is 0 Å². The highest BCUT2D eigenvalue weighted by molar-refractivity contribution is 14.1. The fourth-order valence-electron chi connectivity index (χ4n) is 2.18. The second-order valence-electron chi connectivity index (χ2n) is 4.89. The topological polar surface area (TPSA) is 69.2 Å². The average Bonchev–Trinajstić information content (AvgIpc) is 3.02. The SMILES string of the molecule is CCOc1cc2c(cc1/C=N/NC(=O)c1cccc(I)c1)OCO2. The van der Waals surface area contributed by atoms with Crippen LogP contribution in [0.4, 0.5) is 0 Å². The maximum atomic E-state index is 12.1. The van der Waals surface area contributed by atoms with Crippen molar-refractivity contribution in [3.05, 3.63) is 51.1 Å². The smallest absolute Gasteiger partial charge is 0.271 e. The van der Waals surface area contributed by atoms with Gasteiger partial charge in [-0.15, -0.1) is 0 Å². The lowest BCUT2D eigenvalue weighted by molar-refractivity contribution is 0.0955. The molecular formula is C17H15IN2O4. The van der Waals surface area contributed by atoms with Gasteiger partial charge >= 0.3 is 0 Å². The molecule has 1 aliphatic rings. The molecule has 1 amide bonds. The van der Waals surface area contributed by atoms with Crippen molar-refractivity contribution in [2.24, 2.45) is 5.10 Å². The van der Waals surface area contributed by atoms with E-state index in [1.54, 1.807) is 24.3 Å². The Morgan fingerprint density at radius 3 is 2.88 bits per heavy atom. The number of ether oxygens (including phenoxy) is 3. The molecule has 1 N–H and O–H groups in total. The first-order chi connectivity index (χ1) is 11.7. The van der Waals surface area contributed by atoms with Crippen LogP contribution in [0, 0.1) is 3.57 Å². The lowest BCUT2D eigenvalue weighted by atomic mass is 10.2. The molecule has 0 aliphatic carbocycles. The average molecular weight is 438 g/mol. The normalized spacial score (nSPS) is 12.4. The number of hydrogen-bond acceptors (Lipinski definition) is 5. The summed E-state index contributed by atoms with van der Waals surface area (Å²) in [5.41, 5.74) is 3.76. The van der Waals surface area contributed by atoms with Gasteiger partial charge in [0, 0.05) is 20.8 Å². The maximum absolute atomic E-state index is 12.1. The van der Waals surface area contributed by atoms with Crippen LogP contribution in [0.1, 0.15) is 22.8 Å². The van der Waals surface area contributed by atoms with Gasteiger partial charge in [-0.3, -0.25) is 4.79 Å². The van der Waals surface area contributed by atoms with Crippen LogP contribution in [0.25, 0.3) is 0 Å². The first-order valence-corrected chi connectivity index (χ1v) is 8.40. The van der Waals surface area contributed by atoms with Crippen molar-refractivity contribution in [2.45, 2.75) is 6.92 Å². The second kappa shape index (κ2) is 7.52. The Morgan fingerprint density at radius 1 is 1.33 bits per heavy atom. The molecule has 0 unspecified atom stereocenters. The van der Waals surface area contributed by atoms with Crippen molar-refractivity contribution in [2.75, 3.05) is 13.4 Å². The summed E-state index contributed by atoms with van der Waals surface area (Å²) in [5, 5.41) is 4.01. The van der Waals surface area contributed by atoms with E-state index in [4.69, 9.17) is 14.2 Å². The molecule has 1 heterocycles. The fourth-order valence-corrected chi connectivity index (χ4v) is 2.72. The van der Waals surface area contributed by atoms with Crippen LogP contribution in [-0.2, 0) is 0 Å². The minimum absolute atomic E-state index is 0.185. The quantitative estimate of drug-likeness (QED) is 0.443. The maximum Gasteiger partial charge on any atom is 0.271 e. The molecular weight excluding hydrogens is 423 g/mol. The number of benzene rings is 2. The number of fused-ring (bicyclic) bond motifs is 1. The molecule has 124 valence electrons. The molecule has 0 spiro atoms. The number of amides is 1. The van der Waals surface area contributed by atoms with Crippen LogP contribution in [0.2, 0.25) is 0 Å². The zero-order valence-corrected chi connectivity index (χ0v) is 15.1. The standard InChI is InChI=1S/C17H15IN2O4/c1-2-22-14-8-16-15(23-10-24-16)7-12(14)9-19-20-17(21)11-4-3-5-13(18)6-11/h3-9H,2,10H2,1H3,(H,20,21)/b19-9+. The van der Waals surface area contributed by atoms with Gasteiger partial charge in [0.05, 0.1) is 12.8 Å². The van der Waals surface area contributed by atoms with E-state index in [1.165, 1.54) is 6.21 Å². The Bertz CT molecular complexity index is 792. The number of halogens is 1. The van der Waals surface area contributed by atoms with E-state index in [1.807, 2.05) is 19.1 Å². The van der Waals surface area contributed by atoms with Crippen LogP contribution in [0.5, 0.6) is 17.2 Å². The molecule has 0 fully saturated rings. The van der Waals surface area contributed by atoms with E-state index in [-0.39, 0.29) is 12.7 Å². The van der Waals surface area contributed by atoms with E-state index in [9.17, 15) is 4.79 Å². The molecule has 24 heavy (non-hydrogen) atoms. The first-order valence-electron chi connectivity index (χ1n) is 7.33. The van der Waals surface area contributed by atoms with Crippen molar-refractivity contribution >= 4 is 34.7 Å². The number of carbonyl (C=O) groups is 1. The zero-order chi connectivity index (χ0) is 16.9. The van der Waals surface area contributed by atoms with Crippen LogP contribution >= 0.6 is 22.6 Å². The molecule has 0 saturated heterocycles. The first kappa shape index (κ1) is 16.6. The molecule has 0 atom stereocenters. The Labute approximate surface area is 152 Å². The molecule has 0 radical (unpaired) electrons. The van der Waals surface area contributed by atoms with Crippen LogP contribution in [0.3, 0.4) is 0 Å². The summed E-state index contributed by atoms with van der Waals surface area (Å²) in [7, 11) is 0. The van der Waals surface area contributed by atoms with Gasteiger partial charge in [-0.05, 0) is 53.8 Å². The number of carbonyl (C=O) groups excluding carboxylic acids is 1. The van der Waals surface area contributed by atoms with Crippen LogP contribution in [-0.4, -0.2) is 25.5 Å². The third-order valence-electron chi connectivity index (χ3n) is 3.26. The van der Waals surface area contributed by atoms with Gasteiger partial charge < -0.3 is 14.2 Å². The van der Waals surface area contributed by atoms with E-state index in [0.717, 1.165) is 3.57 Å². The van der Waals surface area contributed by atoms with E-state index >= 15 is 0 Å². The monoisotopic (exact) mass is 438 g/mol. The summed E-state index contributed by atoms with van der Waals surface area (Å²) in [6, 6.07) is 10.8. The molecule has 6 nitrogen and oxygen atoms in total. The van der Waals surface area contributed by atoms with E-state index < -0.39 is 0 Å². The van der Waals surface area contributed by atoms with E-state index in [2.05, 4.69) is 33.1 Å². The number of nitrogens with zero attached hydrogens (tertiary/aromatic N) is 1. The molecule has 2 aromatic carbocycles. The third kappa shape index (κ3) is 3.78. The largest absolute Gasteiger partial charge is 0.493 e. The summed E-state index contributed by atoms with van der Waals surface area (Å²) in [6.07, 6.45) is 1.53. The Hall–Kier alpha value is -2.29. The number of rotatable bonds is 5. The minimum atomic E-state index is -0.275. The highest BCUT2D eigenvalue weighted by Crippen LogP contribution is 2.37. The molecule has 0 saturated carbocycles. The van der Waals surface area contributed by atoms with Crippen molar-refractivity contribution in [1.29, 1.82) is 0 Å². The molecule has 1 aliphatic heterocycles. The predicted octanol–water partition coefficient (Wildman–Crippen LogP) is 3.18. The number of hydrogen-bond donors (Lipinski definition) is 1. The van der Waals surface area contributed by atoms with Crippen LogP contribution in [0.15, 0.2) is 41.5 Å². The van der Waals surface area contributed by atoms with Gasteiger partial charge in [-0.2, -0.15) is 5.10 Å². The number of nitrogens with one attached hydrogen (secondary N) is 1. The molecule has 0 bridgehead atoms. The number of hydrazone groups is 1. The molecule has 0 aromatic heterocycles. The molecule has 2 aromatic rings. The third-order valence-corrected chi connectivity index (χ3v) is 3.93. The van der Waals surface area contributed by atoms with Gasteiger partial charge in [0.2, 0.25) is 6.79 Å². The Kier molecular flexibility index (Phi) is 5.19. The summed E-state index contributed by atoms with van der Waals surface area (Å²) in [6.45, 7) is 2.59. The van der Waals surface area contributed by atoms with Crippen LogP contribution < -0.4 is 19.6 Å². The predicted molar refractivity (Wildman–Crippen MR) is 98.0 cm³/mol. The zero-order valence-electron chi connectivity index (χ0n) is 12.9. The van der Waals surface area contributed by atoms with Gasteiger partial charge in [0.1, 0.15) is 5.75 Å². The highest BCUT2D eigenvalue weighted by Gasteiger charge is 2.17. The van der Waals surface area contributed by atoms with Crippen molar-refractivity contribution in [1.82, 2.24) is 5.43 Å². The van der Waals surface area contributed by atoms with Gasteiger partial charge in [-0.25, -0.2) is 5.43 Å². The minimum Gasteiger partial charge on any atom is -0.493 e. The Morgan fingerprint density at radius 2 is 2.12 bits per heavy atom. The van der Waals surface area contributed by atoms with Gasteiger partial charge in [-0.1, -0.05) is 6.07 Å². The molecule has 3 rings (SSSR count). The Balaban J connectivity index is 1.75.